The third-order valence-corrected chi connectivity index (χ3v) is 5.35. The molecule has 0 N–H and O–H groups in total. The number of hydrogen-bond acceptors (Lipinski definition) is 4. The quantitative estimate of drug-likeness (QED) is 0.418. The van der Waals surface area contributed by atoms with E-state index in [1.54, 1.807) is 28.8 Å². The summed E-state index contributed by atoms with van der Waals surface area (Å²) in [7, 11) is 1.62. The second-order valence-electron chi connectivity index (χ2n) is 8.30. The van der Waals surface area contributed by atoms with E-state index in [4.69, 9.17) is 14.6 Å². The SMILES string of the molecule is CCc1nn(-c2ccc(F)cc2)c(Oc2cccc(C)c2)c1CN(CCOC)C(=O)C(C)C. The van der Waals surface area contributed by atoms with Gasteiger partial charge in [0.25, 0.3) is 0 Å². The van der Waals surface area contributed by atoms with Crippen LogP contribution in [0.25, 0.3) is 5.69 Å². The van der Waals surface area contributed by atoms with Crippen LogP contribution in [0.3, 0.4) is 0 Å². The molecule has 33 heavy (non-hydrogen) atoms. The Morgan fingerprint density at radius 3 is 2.52 bits per heavy atom. The van der Waals surface area contributed by atoms with Crippen LogP contribution in [-0.2, 0) is 22.5 Å². The Labute approximate surface area is 194 Å². The number of methoxy groups -OCH3 is 1. The van der Waals surface area contributed by atoms with E-state index in [0.717, 1.165) is 16.8 Å². The van der Waals surface area contributed by atoms with Gasteiger partial charge in [-0.05, 0) is 55.3 Å². The highest BCUT2D eigenvalue weighted by molar-refractivity contribution is 5.78. The van der Waals surface area contributed by atoms with Crippen LogP contribution in [0.5, 0.6) is 11.6 Å². The molecule has 1 amide bonds. The number of nitrogens with zero attached hydrogens (tertiary/aromatic N) is 3. The molecule has 0 saturated carbocycles. The molecule has 0 unspecified atom stereocenters. The van der Waals surface area contributed by atoms with Gasteiger partial charge in [0.05, 0.1) is 30.1 Å². The maximum absolute atomic E-state index is 13.6. The minimum absolute atomic E-state index is 0.0325. The molecule has 0 radical (unpaired) electrons. The van der Waals surface area contributed by atoms with E-state index in [-0.39, 0.29) is 17.6 Å². The van der Waals surface area contributed by atoms with Gasteiger partial charge < -0.3 is 14.4 Å². The molecule has 0 aliphatic rings. The van der Waals surface area contributed by atoms with Gasteiger partial charge in [-0.25, -0.2) is 9.07 Å². The van der Waals surface area contributed by atoms with Crippen molar-refractivity contribution in [1.29, 1.82) is 0 Å². The van der Waals surface area contributed by atoms with E-state index in [1.165, 1.54) is 12.1 Å². The fraction of sp³-hybridized carbons (Fsp3) is 0.385. The summed E-state index contributed by atoms with van der Waals surface area (Å²) in [5.74, 6) is 0.741. The van der Waals surface area contributed by atoms with Crippen LogP contribution in [0, 0.1) is 18.7 Å². The number of aryl methyl sites for hydroxylation is 2. The second kappa shape index (κ2) is 11.1. The predicted molar refractivity (Wildman–Crippen MR) is 126 cm³/mol. The molecule has 0 aliphatic carbocycles. The van der Waals surface area contributed by atoms with Crippen molar-refractivity contribution in [3.05, 3.63) is 71.2 Å². The van der Waals surface area contributed by atoms with Crippen molar-refractivity contribution in [3.8, 4) is 17.3 Å². The topological polar surface area (TPSA) is 56.6 Å². The first-order valence-corrected chi connectivity index (χ1v) is 11.2. The van der Waals surface area contributed by atoms with Crippen LogP contribution in [0.4, 0.5) is 4.39 Å². The molecule has 0 saturated heterocycles. The van der Waals surface area contributed by atoms with Gasteiger partial charge in [-0.1, -0.05) is 32.9 Å². The Bertz CT molecular complexity index is 1080. The van der Waals surface area contributed by atoms with Crippen LogP contribution in [-0.4, -0.2) is 40.8 Å². The molecule has 7 heteroatoms. The van der Waals surface area contributed by atoms with Crippen molar-refractivity contribution in [3.63, 3.8) is 0 Å². The van der Waals surface area contributed by atoms with Gasteiger partial charge in [-0.3, -0.25) is 4.79 Å². The van der Waals surface area contributed by atoms with Gasteiger partial charge in [0.1, 0.15) is 11.6 Å². The maximum Gasteiger partial charge on any atom is 0.227 e. The summed E-state index contributed by atoms with van der Waals surface area (Å²) in [6.45, 7) is 9.01. The summed E-state index contributed by atoms with van der Waals surface area (Å²) in [6.07, 6.45) is 0.654. The molecule has 0 fully saturated rings. The molecule has 3 rings (SSSR count). The number of halogens is 1. The Balaban J connectivity index is 2.11. The van der Waals surface area contributed by atoms with Gasteiger partial charge in [0, 0.05) is 19.6 Å². The van der Waals surface area contributed by atoms with Crippen LogP contribution in [0.15, 0.2) is 48.5 Å². The van der Waals surface area contributed by atoms with Crippen molar-refractivity contribution in [2.45, 2.75) is 40.7 Å². The molecular weight excluding hydrogens is 421 g/mol. The Morgan fingerprint density at radius 2 is 1.91 bits per heavy atom. The zero-order chi connectivity index (χ0) is 24.0. The van der Waals surface area contributed by atoms with Crippen molar-refractivity contribution >= 4 is 5.91 Å². The second-order valence-corrected chi connectivity index (χ2v) is 8.30. The fourth-order valence-electron chi connectivity index (χ4n) is 3.60. The van der Waals surface area contributed by atoms with Gasteiger partial charge >= 0.3 is 0 Å². The lowest BCUT2D eigenvalue weighted by Gasteiger charge is -2.25. The normalized spacial score (nSPS) is 11.1. The summed E-state index contributed by atoms with van der Waals surface area (Å²) in [6, 6.07) is 13.9. The molecule has 1 aromatic heterocycles. The number of hydrogen-bond donors (Lipinski definition) is 0. The van der Waals surface area contributed by atoms with Crippen LogP contribution in [0.1, 0.15) is 37.6 Å². The predicted octanol–water partition coefficient (Wildman–Crippen LogP) is 5.31. The van der Waals surface area contributed by atoms with E-state index in [9.17, 15) is 9.18 Å². The minimum atomic E-state index is -0.323. The van der Waals surface area contributed by atoms with Gasteiger partial charge in [-0.15, -0.1) is 0 Å². The highest BCUT2D eigenvalue weighted by atomic mass is 19.1. The highest BCUT2D eigenvalue weighted by Gasteiger charge is 2.25. The van der Waals surface area contributed by atoms with Crippen molar-refractivity contribution in [2.24, 2.45) is 5.92 Å². The molecule has 0 bridgehead atoms. The number of benzene rings is 2. The Hall–Kier alpha value is -3.19. The first-order valence-electron chi connectivity index (χ1n) is 11.2. The number of amides is 1. The molecule has 0 atom stereocenters. The molecule has 1 heterocycles. The number of carbonyl (C=O) groups is 1. The van der Waals surface area contributed by atoms with Crippen LogP contribution in [0.2, 0.25) is 0 Å². The average molecular weight is 454 g/mol. The Kier molecular flexibility index (Phi) is 8.22. The van der Waals surface area contributed by atoms with E-state index < -0.39 is 0 Å². The van der Waals surface area contributed by atoms with Gasteiger partial charge in [0.15, 0.2) is 0 Å². The lowest BCUT2D eigenvalue weighted by molar-refractivity contribution is -0.135. The molecule has 176 valence electrons. The highest BCUT2D eigenvalue weighted by Crippen LogP contribution is 2.33. The molecular formula is C26H32FN3O3. The van der Waals surface area contributed by atoms with E-state index in [0.29, 0.717) is 43.4 Å². The van der Waals surface area contributed by atoms with Crippen molar-refractivity contribution < 1.29 is 18.7 Å². The molecule has 6 nitrogen and oxygen atoms in total. The maximum atomic E-state index is 13.6. The molecule has 0 aliphatic heterocycles. The zero-order valence-electron chi connectivity index (χ0n) is 20.0. The molecule has 0 spiro atoms. The third-order valence-electron chi connectivity index (χ3n) is 5.35. The van der Waals surface area contributed by atoms with Crippen LogP contribution < -0.4 is 4.74 Å². The van der Waals surface area contributed by atoms with E-state index in [1.807, 2.05) is 52.0 Å². The third kappa shape index (κ3) is 5.99. The van der Waals surface area contributed by atoms with Crippen molar-refractivity contribution in [2.75, 3.05) is 20.3 Å². The number of rotatable bonds is 10. The van der Waals surface area contributed by atoms with Gasteiger partial charge in [-0.2, -0.15) is 5.10 Å². The van der Waals surface area contributed by atoms with E-state index in [2.05, 4.69) is 0 Å². The molecule has 2 aromatic carbocycles. The van der Waals surface area contributed by atoms with Crippen molar-refractivity contribution in [1.82, 2.24) is 14.7 Å². The number of carbonyl (C=O) groups excluding carboxylic acids is 1. The first kappa shape index (κ1) is 24.5. The average Bonchev–Trinajstić information content (AvgIpc) is 3.13. The summed E-state index contributed by atoms with van der Waals surface area (Å²) >= 11 is 0. The summed E-state index contributed by atoms with van der Waals surface area (Å²) in [4.78, 5) is 14.7. The monoisotopic (exact) mass is 453 g/mol. The fourth-order valence-corrected chi connectivity index (χ4v) is 3.60. The lowest BCUT2D eigenvalue weighted by Crippen LogP contribution is -2.36. The summed E-state index contributed by atoms with van der Waals surface area (Å²) in [5.41, 5.74) is 3.39. The van der Waals surface area contributed by atoms with Crippen LogP contribution >= 0.6 is 0 Å². The van der Waals surface area contributed by atoms with Gasteiger partial charge in [0.2, 0.25) is 11.8 Å². The standard InChI is InChI=1S/C26H32FN3O3/c1-6-24-23(17-29(14-15-32-5)25(31)18(2)3)26(33-22-9-7-8-19(4)16-22)30(28-24)21-12-10-20(27)11-13-21/h7-13,16,18H,6,14-15,17H2,1-5H3. The smallest absolute Gasteiger partial charge is 0.227 e. The van der Waals surface area contributed by atoms with E-state index >= 15 is 0 Å². The summed E-state index contributed by atoms with van der Waals surface area (Å²) in [5, 5.41) is 4.78. The Morgan fingerprint density at radius 1 is 1.18 bits per heavy atom. The largest absolute Gasteiger partial charge is 0.439 e. The molecule has 3 aromatic rings. The lowest BCUT2D eigenvalue weighted by atomic mass is 10.1. The zero-order valence-corrected chi connectivity index (χ0v) is 20.0. The number of ether oxygens (including phenoxy) is 2. The number of aromatic nitrogens is 2. The summed E-state index contributed by atoms with van der Waals surface area (Å²) < 4.78 is 26.9. The first-order chi connectivity index (χ1) is 15.8. The minimum Gasteiger partial charge on any atom is -0.439 e.